The van der Waals surface area contributed by atoms with Crippen LogP contribution in [0.3, 0.4) is 0 Å². The molecule has 0 spiro atoms. The van der Waals surface area contributed by atoms with Crippen molar-refractivity contribution in [2.75, 3.05) is 5.32 Å². The van der Waals surface area contributed by atoms with Crippen molar-refractivity contribution in [2.45, 2.75) is 16.5 Å². The molecule has 0 fully saturated rings. The summed E-state index contributed by atoms with van der Waals surface area (Å²) in [5.41, 5.74) is 2.27. The van der Waals surface area contributed by atoms with E-state index >= 15 is 0 Å². The number of aromatic nitrogens is 3. The summed E-state index contributed by atoms with van der Waals surface area (Å²) in [5, 5.41) is 7.21. The second-order valence-electron chi connectivity index (χ2n) is 5.90. The van der Waals surface area contributed by atoms with Gasteiger partial charge in [-0.3, -0.25) is 4.79 Å². The molecule has 0 radical (unpaired) electrons. The Bertz CT molecular complexity index is 1070. The molecule has 4 aromatic rings. The Morgan fingerprint density at radius 2 is 1.79 bits per heavy atom. The molecule has 0 unspecified atom stereocenters. The molecule has 0 aliphatic heterocycles. The van der Waals surface area contributed by atoms with Crippen molar-refractivity contribution in [3.8, 4) is 0 Å². The number of rotatable bonds is 6. The molecule has 0 aliphatic rings. The van der Waals surface area contributed by atoms with Crippen LogP contribution in [0.25, 0.3) is 0 Å². The van der Waals surface area contributed by atoms with E-state index in [-0.39, 0.29) is 5.91 Å². The van der Waals surface area contributed by atoms with E-state index in [9.17, 15) is 4.79 Å². The molecule has 0 bridgehead atoms. The minimum atomic E-state index is -0.226. The second-order valence-corrected chi connectivity index (χ2v) is 7.88. The van der Waals surface area contributed by atoms with E-state index in [0.29, 0.717) is 11.4 Å². The van der Waals surface area contributed by atoms with E-state index in [2.05, 4.69) is 32.4 Å². The zero-order valence-corrected chi connectivity index (χ0v) is 16.4. The third kappa shape index (κ3) is 4.82. The lowest BCUT2D eigenvalue weighted by atomic mass is 10.2. The Morgan fingerprint density at radius 3 is 2.61 bits per heavy atom. The zero-order valence-electron chi connectivity index (χ0n) is 14.8. The fourth-order valence-electron chi connectivity index (χ4n) is 2.52. The number of thiazole rings is 1. The van der Waals surface area contributed by atoms with Crippen molar-refractivity contribution in [1.29, 1.82) is 0 Å². The summed E-state index contributed by atoms with van der Waals surface area (Å²) in [6.07, 6.45) is 4.13. The van der Waals surface area contributed by atoms with Gasteiger partial charge in [0, 0.05) is 29.9 Å². The predicted octanol–water partition coefficient (Wildman–Crippen LogP) is 4.93. The third-order valence-electron chi connectivity index (χ3n) is 3.82. The monoisotopic (exact) mass is 404 g/mol. The third-order valence-corrected chi connectivity index (χ3v) is 5.55. The summed E-state index contributed by atoms with van der Waals surface area (Å²) in [6, 6.07) is 19.4. The Balaban J connectivity index is 1.42. The van der Waals surface area contributed by atoms with Crippen LogP contribution in [0.15, 0.2) is 88.5 Å². The largest absolute Gasteiger partial charge is 0.320 e. The number of pyridine rings is 2. The standard InChI is InChI=1S/C21H16N4OS2/c26-21(17-14-27-20(25-17)12-15-6-2-1-3-7-15)24-16-9-11-23-19(13-16)28-18-8-4-5-10-22-18/h1-11,13-14H,12H2,(H,23,24,26). The van der Waals surface area contributed by atoms with Gasteiger partial charge in [-0.1, -0.05) is 48.2 Å². The van der Waals surface area contributed by atoms with E-state index in [1.807, 2.05) is 42.5 Å². The smallest absolute Gasteiger partial charge is 0.275 e. The molecule has 1 N–H and O–H groups in total. The maximum atomic E-state index is 12.5. The zero-order chi connectivity index (χ0) is 19.2. The van der Waals surface area contributed by atoms with Gasteiger partial charge in [0.1, 0.15) is 15.7 Å². The van der Waals surface area contributed by atoms with Crippen molar-refractivity contribution in [2.24, 2.45) is 0 Å². The van der Waals surface area contributed by atoms with Gasteiger partial charge in [-0.15, -0.1) is 11.3 Å². The number of anilines is 1. The van der Waals surface area contributed by atoms with Gasteiger partial charge >= 0.3 is 0 Å². The first-order valence-corrected chi connectivity index (χ1v) is 10.3. The fraction of sp³-hybridized carbons (Fsp3) is 0.0476. The van der Waals surface area contributed by atoms with Crippen LogP contribution in [0, 0.1) is 0 Å². The van der Waals surface area contributed by atoms with Crippen molar-refractivity contribution in [3.05, 3.63) is 94.7 Å². The number of amides is 1. The summed E-state index contributed by atoms with van der Waals surface area (Å²) in [7, 11) is 0. The maximum absolute atomic E-state index is 12.5. The molecule has 3 aromatic heterocycles. The normalized spacial score (nSPS) is 10.6. The van der Waals surface area contributed by atoms with Crippen LogP contribution >= 0.6 is 23.1 Å². The van der Waals surface area contributed by atoms with E-state index in [0.717, 1.165) is 21.5 Å². The van der Waals surface area contributed by atoms with Gasteiger partial charge in [-0.2, -0.15) is 0 Å². The molecule has 138 valence electrons. The van der Waals surface area contributed by atoms with Crippen LogP contribution < -0.4 is 5.32 Å². The predicted molar refractivity (Wildman–Crippen MR) is 112 cm³/mol. The first-order valence-electron chi connectivity index (χ1n) is 8.61. The molecular weight excluding hydrogens is 388 g/mol. The molecule has 0 saturated heterocycles. The maximum Gasteiger partial charge on any atom is 0.275 e. The lowest BCUT2D eigenvalue weighted by Gasteiger charge is -2.05. The van der Waals surface area contributed by atoms with Gasteiger partial charge in [0.25, 0.3) is 5.91 Å². The number of carbonyl (C=O) groups is 1. The molecule has 4 rings (SSSR count). The Kier molecular flexibility index (Phi) is 5.75. The fourth-order valence-corrected chi connectivity index (χ4v) is 4.10. The highest BCUT2D eigenvalue weighted by molar-refractivity contribution is 7.99. The van der Waals surface area contributed by atoms with Gasteiger partial charge < -0.3 is 5.32 Å². The molecule has 0 atom stereocenters. The topological polar surface area (TPSA) is 67.8 Å². The highest BCUT2D eigenvalue weighted by atomic mass is 32.2. The second kappa shape index (κ2) is 8.77. The molecule has 5 nitrogen and oxygen atoms in total. The van der Waals surface area contributed by atoms with E-state index < -0.39 is 0 Å². The van der Waals surface area contributed by atoms with E-state index in [4.69, 9.17) is 0 Å². The average molecular weight is 405 g/mol. The number of hydrogen-bond donors (Lipinski definition) is 1. The molecular formula is C21H16N4OS2. The minimum absolute atomic E-state index is 0.226. The number of nitrogens with zero attached hydrogens (tertiary/aromatic N) is 3. The Hall–Kier alpha value is -3.03. The molecule has 1 amide bonds. The molecule has 28 heavy (non-hydrogen) atoms. The molecule has 0 saturated carbocycles. The van der Waals surface area contributed by atoms with E-state index in [1.165, 1.54) is 28.7 Å². The molecule has 7 heteroatoms. The van der Waals surface area contributed by atoms with Gasteiger partial charge in [0.15, 0.2) is 0 Å². The van der Waals surface area contributed by atoms with Crippen molar-refractivity contribution in [1.82, 2.24) is 15.0 Å². The first kappa shape index (κ1) is 18.3. The van der Waals surface area contributed by atoms with E-state index in [1.54, 1.807) is 23.8 Å². The average Bonchev–Trinajstić information content (AvgIpc) is 3.18. The first-order chi connectivity index (χ1) is 13.8. The van der Waals surface area contributed by atoms with Crippen LogP contribution in [0.2, 0.25) is 0 Å². The number of hydrogen-bond acceptors (Lipinski definition) is 6. The quantitative estimate of drug-likeness (QED) is 0.494. The lowest BCUT2D eigenvalue weighted by molar-refractivity contribution is 0.102. The molecule has 3 heterocycles. The van der Waals surface area contributed by atoms with Crippen LogP contribution in [-0.4, -0.2) is 20.9 Å². The molecule has 0 aliphatic carbocycles. The van der Waals surface area contributed by atoms with Gasteiger partial charge in [0.2, 0.25) is 0 Å². The van der Waals surface area contributed by atoms with Gasteiger partial charge in [0.05, 0.1) is 5.01 Å². The highest BCUT2D eigenvalue weighted by Gasteiger charge is 2.12. The Morgan fingerprint density at radius 1 is 0.964 bits per heavy atom. The van der Waals surface area contributed by atoms with Crippen molar-refractivity contribution in [3.63, 3.8) is 0 Å². The van der Waals surface area contributed by atoms with Crippen molar-refractivity contribution >= 4 is 34.7 Å². The minimum Gasteiger partial charge on any atom is -0.320 e. The summed E-state index contributed by atoms with van der Waals surface area (Å²) in [5.74, 6) is -0.226. The summed E-state index contributed by atoms with van der Waals surface area (Å²) >= 11 is 2.93. The van der Waals surface area contributed by atoms with Crippen LogP contribution in [0.5, 0.6) is 0 Å². The summed E-state index contributed by atoms with van der Waals surface area (Å²) in [6.45, 7) is 0. The highest BCUT2D eigenvalue weighted by Crippen LogP contribution is 2.25. The lowest BCUT2D eigenvalue weighted by Crippen LogP contribution is -2.12. The number of benzene rings is 1. The van der Waals surface area contributed by atoms with Crippen LogP contribution in [0.1, 0.15) is 21.1 Å². The van der Waals surface area contributed by atoms with Gasteiger partial charge in [-0.05, 0) is 29.8 Å². The number of carbonyl (C=O) groups excluding carboxylic acids is 1. The SMILES string of the molecule is O=C(Nc1ccnc(Sc2ccccn2)c1)c1csc(Cc2ccccc2)n1. The molecule has 1 aromatic carbocycles. The van der Waals surface area contributed by atoms with Crippen LogP contribution in [0.4, 0.5) is 5.69 Å². The Labute approximate surface area is 170 Å². The summed E-state index contributed by atoms with van der Waals surface area (Å²) < 4.78 is 0. The van der Waals surface area contributed by atoms with Gasteiger partial charge in [-0.25, -0.2) is 15.0 Å². The summed E-state index contributed by atoms with van der Waals surface area (Å²) in [4.78, 5) is 25.6. The van der Waals surface area contributed by atoms with Crippen LogP contribution in [-0.2, 0) is 6.42 Å². The number of nitrogens with one attached hydrogen (secondary N) is 1. The van der Waals surface area contributed by atoms with Crippen molar-refractivity contribution < 1.29 is 4.79 Å².